The number of aromatic nitrogens is 2. The molecule has 3 heterocycles. The molecule has 176 valence electrons. The van der Waals surface area contributed by atoms with Crippen molar-refractivity contribution in [2.24, 2.45) is 0 Å². The Hall–Kier alpha value is -4.57. The van der Waals surface area contributed by atoms with E-state index in [0.29, 0.717) is 0 Å². The first-order chi connectivity index (χ1) is 17.8. The lowest BCUT2D eigenvalue weighted by Gasteiger charge is -2.14. The van der Waals surface area contributed by atoms with E-state index in [2.05, 4.69) is 78.0 Å². The van der Waals surface area contributed by atoms with Crippen molar-refractivity contribution in [3.05, 3.63) is 109 Å². The molecule has 0 amide bonds. The van der Waals surface area contributed by atoms with Crippen LogP contribution in [0.4, 0.5) is 0 Å². The number of para-hydroxylation sites is 4. The number of fused-ring (bicyclic) bond motifs is 6. The van der Waals surface area contributed by atoms with E-state index in [9.17, 15) is 0 Å². The smallest absolute Gasteiger partial charge is 0.153 e. The van der Waals surface area contributed by atoms with Crippen LogP contribution < -0.4 is 4.74 Å². The number of furan rings is 1. The SMILES string of the molecule is CCC.c1ccc(-n2c3ccccc3c3ccccc32)c(Oc2ccc3oc4cccnc4c3c2)c1. The highest BCUT2D eigenvalue weighted by Gasteiger charge is 2.16. The van der Waals surface area contributed by atoms with E-state index < -0.39 is 0 Å². The summed E-state index contributed by atoms with van der Waals surface area (Å²) < 4.78 is 14.7. The van der Waals surface area contributed by atoms with Crippen LogP contribution in [0.5, 0.6) is 11.5 Å². The molecular formula is C32H26N2O2. The van der Waals surface area contributed by atoms with Crippen LogP contribution in [-0.2, 0) is 0 Å². The fourth-order valence-electron chi connectivity index (χ4n) is 4.68. The molecule has 0 unspecified atom stereocenters. The zero-order valence-electron chi connectivity index (χ0n) is 20.3. The fraction of sp³-hybridized carbons (Fsp3) is 0.0938. The molecule has 0 spiro atoms. The van der Waals surface area contributed by atoms with Gasteiger partial charge in [-0.2, -0.15) is 0 Å². The average molecular weight is 471 g/mol. The van der Waals surface area contributed by atoms with Crippen LogP contribution in [0, 0.1) is 0 Å². The maximum Gasteiger partial charge on any atom is 0.153 e. The van der Waals surface area contributed by atoms with Gasteiger partial charge < -0.3 is 13.7 Å². The van der Waals surface area contributed by atoms with Crippen LogP contribution >= 0.6 is 0 Å². The molecule has 4 aromatic carbocycles. The van der Waals surface area contributed by atoms with E-state index in [1.807, 2.05) is 48.5 Å². The molecule has 0 radical (unpaired) electrons. The van der Waals surface area contributed by atoms with Crippen molar-refractivity contribution in [3.63, 3.8) is 0 Å². The Kier molecular flexibility index (Phi) is 5.62. The van der Waals surface area contributed by atoms with Gasteiger partial charge in [0.25, 0.3) is 0 Å². The fourth-order valence-corrected chi connectivity index (χ4v) is 4.68. The molecule has 4 heteroatoms. The monoisotopic (exact) mass is 470 g/mol. The van der Waals surface area contributed by atoms with Crippen molar-refractivity contribution in [1.82, 2.24) is 9.55 Å². The summed E-state index contributed by atoms with van der Waals surface area (Å²) in [7, 11) is 0. The van der Waals surface area contributed by atoms with Crippen molar-refractivity contribution in [2.45, 2.75) is 20.3 Å². The lowest BCUT2D eigenvalue weighted by molar-refractivity contribution is 0.481. The van der Waals surface area contributed by atoms with Gasteiger partial charge in [-0.3, -0.25) is 4.98 Å². The molecule has 0 saturated carbocycles. The van der Waals surface area contributed by atoms with Crippen molar-refractivity contribution in [3.8, 4) is 17.2 Å². The van der Waals surface area contributed by atoms with Gasteiger partial charge in [0, 0.05) is 17.0 Å². The van der Waals surface area contributed by atoms with Crippen molar-refractivity contribution < 1.29 is 9.15 Å². The Morgan fingerprint density at radius 3 is 2.11 bits per heavy atom. The maximum absolute atomic E-state index is 6.47. The summed E-state index contributed by atoms with van der Waals surface area (Å²) in [5.41, 5.74) is 5.70. The second-order valence-corrected chi connectivity index (χ2v) is 8.76. The van der Waals surface area contributed by atoms with Gasteiger partial charge in [-0.05, 0) is 54.6 Å². The van der Waals surface area contributed by atoms with Gasteiger partial charge in [0.1, 0.15) is 16.8 Å². The molecule has 7 aromatic rings. The van der Waals surface area contributed by atoms with E-state index >= 15 is 0 Å². The third kappa shape index (κ3) is 3.68. The number of hydrogen-bond donors (Lipinski definition) is 0. The lowest BCUT2D eigenvalue weighted by Crippen LogP contribution is -1.97. The van der Waals surface area contributed by atoms with Crippen molar-refractivity contribution >= 4 is 43.9 Å². The molecule has 0 N–H and O–H groups in total. The Labute approximate surface area is 209 Å². The van der Waals surface area contributed by atoms with E-state index in [-0.39, 0.29) is 0 Å². The molecule has 0 bridgehead atoms. The standard InChI is InChI=1S/C29H18N2O2.C3H8/c1-3-10-23-20(8-1)21-9-2-4-11-24(21)31(23)25-12-5-6-13-27(25)32-19-15-16-26-22(18-19)29-28(33-26)14-7-17-30-29;1-3-2/h1-18H;3H2,1-2H3. The summed E-state index contributed by atoms with van der Waals surface area (Å²) in [5, 5.41) is 3.39. The predicted molar refractivity (Wildman–Crippen MR) is 148 cm³/mol. The molecule has 4 nitrogen and oxygen atoms in total. The Morgan fingerprint density at radius 1 is 0.694 bits per heavy atom. The van der Waals surface area contributed by atoms with Gasteiger partial charge in [-0.1, -0.05) is 68.8 Å². The molecule has 0 saturated heterocycles. The minimum absolute atomic E-state index is 0.740. The van der Waals surface area contributed by atoms with Gasteiger partial charge in [0.05, 0.1) is 22.1 Å². The van der Waals surface area contributed by atoms with Gasteiger partial charge in [0.2, 0.25) is 0 Å². The lowest BCUT2D eigenvalue weighted by atomic mass is 10.2. The zero-order valence-corrected chi connectivity index (χ0v) is 20.3. The van der Waals surface area contributed by atoms with E-state index in [4.69, 9.17) is 9.15 Å². The molecule has 0 aliphatic rings. The zero-order chi connectivity index (χ0) is 24.5. The third-order valence-corrected chi connectivity index (χ3v) is 6.11. The molecule has 0 aliphatic carbocycles. The highest BCUT2D eigenvalue weighted by Crippen LogP contribution is 2.37. The van der Waals surface area contributed by atoms with E-state index in [1.54, 1.807) is 6.20 Å². The van der Waals surface area contributed by atoms with Crippen LogP contribution in [0.1, 0.15) is 20.3 Å². The number of rotatable bonds is 3. The average Bonchev–Trinajstić information content (AvgIpc) is 3.45. The second kappa shape index (κ2) is 9.23. The molecule has 3 aromatic heterocycles. The third-order valence-electron chi connectivity index (χ3n) is 6.11. The molecular weight excluding hydrogens is 444 g/mol. The molecule has 0 aliphatic heterocycles. The number of hydrogen-bond acceptors (Lipinski definition) is 3. The van der Waals surface area contributed by atoms with Crippen LogP contribution in [0.3, 0.4) is 0 Å². The van der Waals surface area contributed by atoms with Gasteiger partial charge in [0.15, 0.2) is 11.3 Å². The maximum atomic E-state index is 6.47. The minimum Gasteiger partial charge on any atom is -0.455 e. The summed E-state index contributed by atoms with van der Waals surface area (Å²) in [6.07, 6.45) is 3.03. The van der Waals surface area contributed by atoms with Crippen molar-refractivity contribution in [1.29, 1.82) is 0 Å². The van der Waals surface area contributed by atoms with Crippen LogP contribution in [0.25, 0.3) is 49.6 Å². The predicted octanol–water partition coefficient (Wildman–Crippen LogP) is 9.29. The number of benzene rings is 4. The summed E-state index contributed by atoms with van der Waals surface area (Å²) in [6.45, 7) is 4.25. The number of nitrogens with zero attached hydrogens (tertiary/aromatic N) is 2. The normalized spacial score (nSPS) is 11.2. The van der Waals surface area contributed by atoms with Gasteiger partial charge in [-0.25, -0.2) is 0 Å². The van der Waals surface area contributed by atoms with Crippen molar-refractivity contribution in [2.75, 3.05) is 0 Å². The first-order valence-corrected chi connectivity index (χ1v) is 12.3. The van der Waals surface area contributed by atoms with Crippen LogP contribution in [0.2, 0.25) is 0 Å². The molecule has 7 rings (SSSR count). The Bertz CT molecular complexity index is 1770. The van der Waals surface area contributed by atoms with Crippen LogP contribution in [-0.4, -0.2) is 9.55 Å². The quantitative estimate of drug-likeness (QED) is 0.258. The highest BCUT2D eigenvalue weighted by atomic mass is 16.5. The first-order valence-electron chi connectivity index (χ1n) is 12.3. The summed E-state index contributed by atoms with van der Waals surface area (Å²) >= 11 is 0. The number of pyridine rings is 1. The van der Waals surface area contributed by atoms with Crippen LogP contribution in [0.15, 0.2) is 114 Å². The summed E-state index contributed by atoms with van der Waals surface area (Å²) in [5.74, 6) is 1.52. The second-order valence-electron chi connectivity index (χ2n) is 8.76. The Morgan fingerprint density at radius 2 is 1.36 bits per heavy atom. The van der Waals surface area contributed by atoms with E-state index in [1.165, 1.54) is 17.2 Å². The van der Waals surface area contributed by atoms with E-state index in [0.717, 1.165) is 50.3 Å². The summed E-state index contributed by atoms with van der Waals surface area (Å²) in [6, 6.07) is 34.8. The van der Waals surface area contributed by atoms with Gasteiger partial charge in [-0.15, -0.1) is 0 Å². The summed E-state index contributed by atoms with van der Waals surface area (Å²) in [4.78, 5) is 4.49. The van der Waals surface area contributed by atoms with Gasteiger partial charge >= 0.3 is 0 Å². The largest absolute Gasteiger partial charge is 0.455 e. The molecule has 0 atom stereocenters. The molecule has 36 heavy (non-hydrogen) atoms. The topological polar surface area (TPSA) is 40.2 Å². The first kappa shape index (κ1) is 21.9. The number of ether oxygens (including phenoxy) is 1. The molecule has 0 fully saturated rings. The highest BCUT2D eigenvalue weighted by molar-refractivity contribution is 6.09. The Balaban J connectivity index is 0.000000765. The minimum atomic E-state index is 0.740.